The average molecular weight is 501 g/mol. The van der Waals surface area contributed by atoms with Crippen LogP contribution < -0.4 is 5.32 Å². The molecule has 33 heavy (non-hydrogen) atoms. The number of amides is 1. The Hall–Kier alpha value is -1.13. The minimum Gasteiger partial charge on any atom is -0.381 e. The van der Waals surface area contributed by atoms with Gasteiger partial charge in [0, 0.05) is 37.9 Å². The summed E-state index contributed by atoms with van der Waals surface area (Å²) in [5.41, 5.74) is -0.638. The summed E-state index contributed by atoms with van der Waals surface area (Å²) in [6, 6.07) is 5.79. The molecule has 9 heteroatoms. The van der Waals surface area contributed by atoms with Crippen LogP contribution in [0.3, 0.4) is 0 Å². The van der Waals surface area contributed by atoms with Gasteiger partial charge in [-0.25, -0.2) is 4.98 Å². The molecule has 0 aliphatic carbocycles. The average Bonchev–Trinajstić information content (AvgIpc) is 2.74. The molecule has 0 aliphatic rings. The molecule has 0 aliphatic heterocycles. The quantitative estimate of drug-likeness (QED) is 0.216. The van der Waals surface area contributed by atoms with Gasteiger partial charge in [0.05, 0.1) is 31.0 Å². The van der Waals surface area contributed by atoms with Crippen molar-refractivity contribution < 1.29 is 23.8 Å². The van der Waals surface area contributed by atoms with Crippen molar-refractivity contribution in [2.24, 2.45) is 0 Å². The Morgan fingerprint density at radius 1 is 0.970 bits per heavy atom. The molecule has 0 aromatic carbocycles. The molecule has 0 spiro atoms. The summed E-state index contributed by atoms with van der Waals surface area (Å²) >= 11 is 0. The van der Waals surface area contributed by atoms with Crippen LogP contribution in [0.1, 0.15) is 60.3 Å². The van der Waals surface area contributed by atoms with Gasteiger partial charge < -0.3 is 19.5 Å². The van der Waals surface area contributed by atoms with Crippen molar-refractivity contribution in [1.82, 2.24) is 10.3 Å². The largest absolute Gasteiger partial charge is 0.381 e. The highest BCUT2D eigenvalue weighted by molar-refractivity contribution is 8.76. The van der Waals surface area contributed by atoms with Crippen LogP contribution in [-0.2, 0) is 23.8 Å². The number of Topliss-reactive ketones (excluding diaryl/α,β-unsaturated/α-hetero) is 1. The Morgan fingerprint density at radius 3 is 2.33 bits per heavy atom. The van der Waals surface area contributed by atoms with Gasteiger partial charge in [-0.2, -0.15) is 0 Å². The molecule has 1 aromatic heterocycles. The van der Waals surface area contributed by atoms with Crippen LogP contribution in [-0.4, -0.2) is 66.6 Å². The van der Waals surface area contributed by atoms with Crippen LogP contribution in [0.4, 0.5) is 0 Å². The van der Waals surface area contributed by atoms with E-state index in [-0.39, 0.29) is 22.9 Å². The first-order chi connectivity index (χ1) is 15.6. The number of nitrogens with zero attached hydrogens (tertiary/aromatic N) is 1. The second-order valence-corrected chi connectivity index (χ2v) is 11.4. The fraction of sp³-hybridized carbons (Fsp3) is 0.708. The van der Waals surface area contributed by atoms with Crippen LogP contribution in [0.15, 0.2) is 29.4 Å². The van der Waals surface area contributed by atoms with Crippen molar-refractivity contribution in [3.63, 3.8) is 0 Å². The van der Waals surface area contributed by atoms with E-state index >= 15 is 0 Å². The van der Waals surface area contributed by atoms with Crippen LogP contribution in [0.25, 0.3) is 0 Å². The predicted octanol–water partition coefficient (Wildman–Crippen LogP) is 4.69. The number of hydrogen-bond acceptors (Lipinski definition) is 8. The number of aromatic nitrogens is 1. The highest BCUT2D eigenvalue weighted by Gasteiger charge is 2.22. The maximum atomic E-state index is 12.0. The summed E-state index contributed by atoms with van der Waals surface area (Å²) in [6.07, 6.45) is 4.19. The number of ketones is 1. The number of carbonyl (C=O) groups is 2. The minimum absolute atomic E-state index is 0.0288. The molecule has 1 rings (SSSR count). The van der Waals surface area contributed by atoms with E-state index in [0.29, 0.717) is 45.8 Å². The maximum absolute atomic E-state index is 12.0. The Bertz CT molecular complexity index is 687. The third-order valence-corrected chi connectivity index (χ3v) is 7.02. The molecule has 188 valence electrons. The van der Waals surface area contributed by atoms with E-state index in [1.165, 1.54) is 0 Å². The fourth-order valence-electron chi connectivity index (χ4n) is 2.59. The Labute approximate surface area is 206 Å². The van der Waals surface area contributed by atoms with Crippen molar-refractivity contribution in [1.29, 1.82) is 0 Å². The van der Waals surface area contributed by atoms with Gasteiger partial charge in [0.1, 0.15) is 10.8 Å². The molecule has 1 N–H and O–H groups in total. The first-order valence-corrected chi connectivity index (χ1v) is 13.7. The number of carbonyl (C=O) groups excluding carboxylic acids is 2. The third-order valence-electron chi connectivity index (χ3n) is 4.76. The molecule has 1 amide bonds. The smallest absolute Gasteiger partial charge is 0.220 e. The molecule has 1 aromatic rings. The van der Waals surface area contributed by atoms with Crippen molar-refractivity contribution in [2.45, 2.75) is 76.5 Å². The van der Waals surface area contributed by atoms with Crippen molar-refractivity contribution in [3.05, 3.63) is 24.4 Å². The van der Waals surface area contributed by atoms with E-state index in [2.05, 4.69) is 10.3 Å². The molecular formula is C24H40N2O5S2. The number of nitrogens with one attached hydrogen (secondary N) is 1. The number of rotatable bonds is 19. The highest BCUT2D eigenvalue weighted by Crippen LogP contribution is 2.29. The third kappa shape index (κ3) is 17.0. The molecular weight excluding hydrogens is 460 g/mol. The molecule has 0 saturated heterocycles. The molecule has 7 nitrogen and oxygen atoms in total. The van der Waals surface area contributed by atoms with Gasteiger partial charge in [0.25, 0.3) is 0 Å². The van der Waals surface area contributed by atoms with Gasteiger partial charge in [-0.15, -0.1) is 0 Å². The zero-order chi connectivity index (χ0) is 24.6. The van der Waals surface area contributed by atoms with Gasteiger partial charge in [-0.3, -0.25) is 9.59 Å². The molecule has 0 fully saturated rings. The summed E-state index contributed by atoms with van der Waals surface area (Å²) < 4.78 is 17.5. The molecule has 1 heterocycles. The Balaban J connectivity index is 2.07. The summed E-state index contributed by atoms with van der Waals surface area (Å²) in [7, 11) is 3.20. The monoisotopic (exact) mass is 500 g/mol. The van der Waals surface area contributed by atoms with Crippen LogP contribution in [0.5, 0.6) is 0 Å². The maximum Gasteiger partial charge on any atom is 0.220 e. The predicted molar refractivity (Wildman–Crippen MR) is 136 cm³/mol. The normalized spacial score (nSPS) is 12.0. The summed E-state index contributed by atoms with van der Waals surface area (Å²) in [6.45, 7) is 12.3. The van der Waals surface area contributed by atoms with Gasteiger partial charge in [0.15, 0.2) is 0 Å². The zero-order valence-corrected chi connectivity index (χ0v) is 22.3. The van der Waals surface area contributed by atoms with Crippen LogP contribution >= 0.6 is 21.6 Å². The first kappa shape index (κ1) is 29.9. The van der Waals surface area contributed by atoms with Gasteiger partial charge in [-0.05, 0) is 70.4 Å². The van der Waals surface area contributed by atoms with Crippen molar-refractivity contribution >= 4 is 33.3 Å². The molecule has 0 atom stereocenters. The summed E-state index contributed by atoms with van der Waals surface area (Å²) in [5, 5.41) is 3.85. The molecule has 0 bridgehead atoms. The van der Waals surface area contributed by atoms with Gasteiger partial charge in [-0.1, -0.05) is 16.9 Å². The number of ether oxygens (including phenoxy) is 3. The summed E-state index contributed by atoms with van der Waals surface area (Å²) in [4.78, 5) is 27.1. The van der Waals surface area contributed by atoms with Crippen molar-refractivity contribution in [2.75, 3.05) is 38.7 Å². The van der Waals surface area contributed by atoms with Crippen LogP contribution in [0, 0.1) is 0 Å². The second kappa shape index (κ2) is 16.5. The standard InChI is InChI=1S/C24H40N2O5S2/c1-20(27)9-15-29-16-11-23(2,3)30-17-12-24(4,5)31-18-14-25-21(28)10-19-32-33-22-8-6-7-13-26-22/h6-8,13H,9-12,14-19H2,1-5H3,(H,25,28). The Morgan fingerprint density at radius 2 is 1.67 bits per heavy atom. The highest BCUT2D eigenvalue weighted by atomic mass is 33.1. The fourth-order valence-corrected chi connectivity index (χ4v) is 4.46. The molecule has 0 radical (unpaired) electrons. The number of pyridine rings is 1. The van der Waals surface area contributed by atoms with E-state index in [1.54, 1.807) is 34.7 Å². The lowest BCUT2D eigenvalue weighted by Gasteiger charge is -2.29. The topological polar surface area (TPSA) is 86.8 Å². The summed E-state index contributed by atoms with van der Waals surface area (Å²) in [5.74, 6) is 0.900. The molecule has 0 saturated carbocycles. The number of hydrogen-bond donors (Lipinski definition) is 1. The van der Waals surface area contributed by atoms with E-state index < -0.39 is 0 Å². The SMILES string of the molecule is CC(=O)CCOCCC(C)(C)OCCC(C)(C)OCCNC(=O)CCSSc1ccccn1. The van der Waals surface area contributed by atoms with E-state index in [9.17, 15) is 9.59 Å². The minimum atomic E-state index is -0.339. The van der Waals surface area contributed by atoms with Crippen molar-refractivity contribution in [3.8, 4) is 0 Å². The van der Waals surface area contributed by atoms with E-state index in [4.69, 9.17) is 14.2 Å². The van der Waals surface area contributed by atoms with Crippen LogP contribution in [0.2, 0.25) is 0 Å². The lowest BCUT2D eigenvalue weighted by atomic mass is 10.0. The Kier molecular flexibility index (Phi) is 14.9. The lowest BCUT2D eigenvalue weighted by Crippen LogP contribution is -2.34. The zero-order valence-electron chi connectivity index (χ0n) is 20.7. The van der Waals surface area contributed by atoms with E-state index in [0.717, 1.165) is 23.6 Å². The lowest BCUT2D eigenvalue weighted by molar-refractivity contribution is -0.122. The second-order valence-electron chi connectivity index (χ2n) is 8.95. The van der Waals surface area contributed by atoms with E-state index in [1.807, 2.05) is 45.9 Å². The molecule has 0 unspecified atom stereocenters. The van der Waals surface area contributed by atoms with Gasteiger partial charge in [0.2, 0.25) is 5.91 Å². The first-order valence-electron chi connectivity index (χ1n) is 11.4. The van der Waals surface area contributed by atoms with Gasteiger partial charge >= 0.3 is 0 Å².